The van der Waals surface area contributed by atoms with Crippen LogP contribution in [0.3, 0.4) is 0 Å². The second-order valence-corrected chi connectivity index (χ2v) is 6.33. The van der Waals surface area contributed by atoms with Crippen molar-refractivity contribution in [3.8, 4) is 0 Å². The fourth-order valence-corrected chi connectivity index (χ4v) is 3.20. The molecule has 1 aliphatic heterocycles. The van der Waals surface area contributed by atoms with Crippen LogP contribution in [0, 0.1) is 0 Å². The average Bonchev–Trinajstić information content (AvgIpc) is 2.60. The Morgan fingerprint density at radius 2 is 1.83 bits per heavy atom. The molecule has 0 saturated carbocycles. The lowest BCUT2D eigenvalue weighted by molar-refractivity contribution is -0.929. The molecule has 0 fully saturated rings. The molecule has 2 N–H and O–H groups in total. The maximum absolute atomic E-state index is 11.9. The number of hydrogen-bond donors (Lipinski definition) is 2. The van der Waals surface area contributed by atoms with Gasteiger partial charge in [0, 0.05) is 29.7 Å². The van der Waals surface area contributed by atoms with Gasteiger partial charge < -0.3 is 10.2 Å². The van der Waals surface area contributed by atoms with E-state index in [4.69, 9.17) is 0 Å². The number of amides is 1. The van der Waals surface area contributed by atoms with E-state index in [1.807, 2.05) is 12.1 Å². The molecule has 3 nitrogen and oxygen atoms in total. The number of nitrogens with one attached hydrogen (secondary N) is 2. The molecule has 1 unspecified atom stereocenters. The van der Waals surface area contributed by atoms with Crippen molar-refractivity contribution < 1.29 is 9.69 Å². The van der Waals surface area contributed by atoms with Gasteiger partial charge in [0.2, 0.25) is 0 Å². The van der Waals surface area contributed by atoms with Gasteiger partial charge in [-0.15, -0.1) is 0 Å². The molecule has 1 atom stereocenters. The van der Waals surface area contributed by atoms with Gasteiger partial charge >= 0.3 is 0 Å². The molecule has 0 aromatic heterocycles. The van der Waals surface area contributed by atoms with Crippen LogP contribution in [0.4, 0.5) is 0 Å². The van der Waals surface area contributed by atoms with E-state index in [1.165, 1.54) is 23.2 Å². The molecule has 1 heterocycles. The van der Waals surface area contributed by atoms with Crippen LogP contribution in [0.25, 0.3) is 0 Å². The number of hydrogen-bond acceptors (Lipinski definition) is 1. The third kappa shape index (κ3) is 3.99. The third-order valence-electron chi connectivity index (χ3n) is 4.51. The Morgan fingerprint density at radius 1 is 1.09 bits per heavy atom. The highest BCUT2D eigenvalue weighted by Crippen LogP contribution is 2.11. The lowest BCUT2D eigenvalue weighted by Crippen LogP contribution is -3.10. The summed E-state index contributed by atoms with van der Waals surface area (Å²) in [5.74, 6) is 0.0256. The topological polar surface area (TPSA) is 33.5 Å². The first-order valence-corrected chi connectivity index (χ1v) is 8.53. The molecular formula is C20H25N2O+. The van der Waals surface area contributed by atoms with Gasteiger partial charge in [-0.05, 0) is 24.1 Å². The van der Waals surface area contributed by atoms with Crippen LogP contribution in [-0.4, -0.2) is 19.0 Å². The van der Waals surface area contributed by atoms with E-state index in [0.29, 0.717) is 0 Å². The molecule has 0 bridgehead atoms. The van der Waals surface area contributed by atoms with E-state index >= 15 is 0 Å². The standard InChI is InChI=1S/C20H24N2O/c1-2-12-21-20(23)18-9-7-16(8-10-18)14-22-13-11-17-5-3-4-6-19(17)15-22/h3-10H,2,11-15H2,1H3,(H,21,23)/p+1. The highest BCUT2D eigenvalue weighted by molar-refractivity contribution is 5.94. The fourth-order valence-electron chi connectivity index (χ4n) is 3.20. The zero-order valence-electron chi connectivity index (χ0n) is 13.8. The van der Waals surface area contributed by atoms with Crippen LogP contribution in [-0.2, 0) is 19.5 Å². The van der Waals surface area contributed by atoms with Crippen LogP contribution in [0.15, 0.2) is 48.5 Å². The van der Waals surface area contributed by atoms with Crippen molar-refractivity contribution in [1.29, 1.82) is 0 Å². The van der Waals surface area contributed by atoms with Crippen molar-refractivity contribution in [2.75, 3.05) is 13.1 Å². The van der Waals surface area contributed by atoms with Gasteiger partial charge in [0.25, 0.3) is 5.91 Å². The highest BCUT2D eigenvalue weighted by Gasteiger charge is 2.19. The number of benzene rings is 2. The smallest absolute Gasteiger partial charge is 0.251 e. The Balaban J connectivity index is 1.60. The summed E-state index contributed by atoms with van der Waals surface area (Å²) in [6, 6.07) is 16.8. The molecule has 120 valence electrons. The van der Waals surface area contributed by atoms with E-state index in [9.17, 15) is 4.79 Å². The largest absolute Gasteiger partial charge is 0.352 e. The first kappa shape index (κ1) is 15.8. The molecule has 23 heavy (non-hydrogen) atoms. The van der Waals surface area contributed by atoms with E-state index < -0.39 is 0 Å². The highest BCUT2D eigenvalue weighted by atomic mass is 16.1. The van der Waals surface area contributed by atoms with Crippen molar-refractivity contribution in [2.24, 2.45) is 0 Å². The van der Waals surface area contributed by atoms with Gasteiger partial charge in [0.15, 0.2) is 0 Å². The maximum atomic E-state index is 11.9. The minimum atomic E-state index is 0.0256. The van der Waals surface area contributed by atoms with Gasteiger partial charge in [0.05, 0.1) is 6.54 Å². The van der Waals surface area contributed by atoms with Crippen LogP contribution < -0.4 is 10.2 Å². The Kier molecular flexibility index (Phi) is 5.09. The molecule has 0 aliphatic carbocycles. The number of quaternary nitrogens is 1. The summed E-state index contributed by atoms with van der Waals surface area (Å²) in [7, 11) is 0. The molecule has 0 saturated heterocycles. The Labute approximate surface area is 138 Å². The molecule has 1 amide bonds. The predicted octanol–water partition coefficient (Wildman–Crippen LogP) is 1.97. The van der Waals surface area contributed by atoms with Crippen molar-refractivity contribution in [3.63, 3.8) is 0 Å². The molecule has 2 aromatic rings. The Morgan fingerprint density at radius 3 is 2.57 bits per heavy atom. The van der Waals surface area contributed by atoms with Crippen molar-refractivity contribution in [3.05, 3.63) is 70.8 Å². The van der Waals surface area contributed by atoms with Crippen molar-refractivity contribution in [1.82, 2.24) is 5.32 Å². The summed E-state index contributed by atoms with van der Waals surface area (Å²) in [6.07, 6.45) is 2.12. The SMILES string of the molecule is CCCNC(=O)c1ccc(C[NH+]2CCc3ccccc3C2)cc1. The summed E-state index contributed by atoms with van der Waals surface area (Å²) < 4.78 is 0. The van der Waals surface area contributed by atoms with Crippen LogP contribution >= 0.6 is 0 Å². The summed E-state index contributed by atoms with van der Waals surface area (Å²) in [5, 5.41) is 2.92. The number of carbonyl (C=O) groups excluding carboxylic acids is 1. The molecule has 0 spiro atoms. The number of rotatable bonds is 5. The van der Waals surface area contributed by atoms with E-state index in [0.717, 1.165) is 38.0 Å². The number of fused-ring (bicyclic) bond motifs is 1. The zero-order valence-corrected chi connectivity index (χ0v) is 13.8. The first-order chi connectivity index (χ1) is 11.3. The molecular weight excluding hydrogens is 284 g/mol. The third-order valence-corrected chi connectivity index (χ3v) is 4.51. The minimum absolute atomic E-state index is 0.0256. The van der Waals surface area contributed by atoms with Gasteiger partial charge in [-0.2, -0.15) is 0 Å². The molecule has 0 radical (unpaired) electrons. The van der Waals surface area contributed by atoms with Crippen LogP contribution in [0.2, 0.25) is 0 Å². The minimum Gasteiger partial charge on any atom is -0.352 e. The van der Waals surface area contributed by atoms with E-state index in [-0.39, 0.29) is 5.91 Å². The van der Waals surface area contributed by atoms with Crippen molar-refractivity contribution >= 4 is 5.91 Å². The monoisotopic (exact) mass is 309 g/mol. The molecule has 3 rings (SSSR count). The number of carbonyl (C=O) groups is 1. The molecule has 2 aromatic carbocycles. The van der Waals surface area contributed by atoms with Gasteiger partial charge in [-0.1, -0.05) is 43.3 Å². The predicted molar refractivity (Wildman–Crippen MR) is 92.4 cm³/mol. The normalized spacial score (nSPS) is 16.7. The Hall–Kier alpha value is -2.13. The summed E-state index contributed by atoms with van der Waals surface area (Å²) >= 11 is 0. The van der Waals surface area contributed by atoms with Crippen LogP contribution in [0.5, 0.6) is 0 Å². The summed E-state index contributed by atoms with van der Waals surface area (Å²) in [4.78, 5) is 13.5. The lowest BCUT2D eigenvalue weighted by atomic mass is 9.99. The quantitative estimate of drug-likeness (QED) is 0.870. The second-order valence-electron chi connectivity index (χ2n) is 6.33. The summed E-state index contributed by atoms with van der Waals surface area (Å²) in [5.41, 5.74) is 5.02. The van der Waals surface area contributed by atoms with Gasteiger partial charge in [-0.25, -0.2) is 0 Å². The fraction of sp³-hybridized carbons (Fsp3) is 0.350. The van der Waals surface area contributed by atoms with E-state index in [2.05, 4.69) is 48.6 Å². The van der Waals surface area contributed by atoms with Gasteiger partial charge in [0.1, 0.15) is 13.1 Å². The first-order valence-electron chi connectivity index (χ1n) is 8.53. The molecule has 3 heteroatoms. The summed E-state index contributed by atoms with van der Waals surface area (Å²) in [6.45, 7) is 6.08. The maximum Gasteiger partial charge on any atom is 0.251 e. The molecule has 1 aliphatic rings. The average molecular weight is 309 g/mol. The van der Waals surface area contributed by atoms with Crippen molar-refractivity contribution in [2.45, 2.75) is 32.9 Å². The van der Waals surface area contributed by atoms with Crippen LogP contribution in [0.1, 0.15) is 40.4 Å². The second kappa shape index (κ2) is 7.42. The zero-order chi connectivity index (χ0) is 16.1. The lowest BCUT2D eigenvalue weighted by Gasteiger charge is -2.26. The van der Waals surface area contributed by atoms with E-state index in [1.54, 1.807) is 4.90 Å². The Bertz CT molecular complexity index is 664. The van der Waals surface area contributed by atoms with Gasteiger partial charge in [-0.3, -0.25) is 4.79 Å².